The van der Waals surface area contributed by atoms with E-state index in [0.717, 1.165) is 25.8 Å². The number of nitrogens with zero attached hydrogens (tertiary/aromatic N) is 1. The highest BCUT2D eigenvalue weighted by molar-refractivity contribution is 5.77. The summed E-state index contributed by atoms with van der Waals surface area (Å²) in [5.74, 6) is 1.61. The Morgan fingerprint density at radius 2 is 1.78 bits per heavy atom. The highest BCUT2D eigenvalue weighted by Crippen LogP contribution is 2.37. The lowest BCUT2D eigenvalue weighted by Gasteiger charge is -2.37. The topological polar surface area (TPSA) is 46.3 Å². The highest BCUT2D eigenvalue weighted by atomic mass is 16.2. The van der Waals surface area contributed by atoms with Crippen molar-refractivity contribution in [2.45, 2.75) is 63.3 Å². The minimum atomic E-state index is 0.289. The fraction of sp³-hybridized carbons (Fsp3) is 0.650. The summed E-state index contributed by atoms with van der Waals surface area (Å²) in [6.07, 6.45) is 9.00. The summed E-state index contributed by atoms with van der Waals surface area (Å²) < 4.78 is 0. The molecule has 1 heterocycles. The zero-order valence-electron chi connectivity index (χ0n) is 14.1. The molecular formula is C20H30N2O. The van der Waals surface area contributed by atoms with Crippen LogP contribution in [-0.2, 0) is 4.79 Å². The van der Waals surface area contributed by atoms with Gasteiger partial charge in [-0.25, -0.2) is 0 Å². The number of amides is 1. The zero-order valence-corrected chi connectivity index (χ0v) is 14.1. The lowest BCUT2D eigenvalue weighted by atomic mass is 9.77. The molecule has 1 aromatic carbocycles. The molecule has 1 aliphatic heterocycles. The van der Waals surface area contributed by atoms with Crippen LogP contribution in [-0.4, -0.2) is 29.9 Å². The molecule has 3 heteroatoms. The second kappa shape index (κ2) is 7.96. The van der Waals surface area contributed by atoms with Crippen molar-refractivity contribution in [3.05, 3.63) is 35.9 Å². The molecule has 1 atom stereocenters. The molecule has 1 aromatic rings. The Hall–Kier alpha value is -1.35. The maximum atomic E-state index is 12.7. The molecule has 0 aromatic heterocycles. The van der Waals surface area contributed by atoms with Crippen LogP contribution >= 0.6 is 0 Å². The van der Waals surface area contributed by atoms with Gasteiger partial charge in [-0.15, -0.1) is 0 Å². The molecule has 1 amide bonds. The van der Waals surface area contributed by atoms with Gasteiger partial charge >= 0.3 is 0 Å². The molecule has 0 radical (unpaired) electrons. The van der Waals surface area contributed by atoms with E-state index < -0.39 is 0 Å². The SMILES string of the molecule is NCC1CCCCN1C(=O)CC1CCC(c2ccccc2)CC1. The number of carbonyl (C=O) groups is 1. The van der Waals surface area contributed by atoms with E-state index in [1.54, 1.807) is 0 Å². The van der Waals surface area contributed by atoms with E-state index in [0.29, 0.717) is 24.3 Å². The van der Waals surface area contributed by atoms with Crippen LogP contribution in [0.5, 0.6) is 0 Å². The van der Waals surface area contributed by atoms with Crippen molar-refractivity contribution in [3.63, 3.8) is 0 Å². The minimum Gasteiger partial charge on any atom is -0.338 e. The van der Waals surface area contributed by atoms with Crippen molar-refractivity contribution in [1.82, 2.24) is 4.90 Å². The maximum absolute atomic E-state index is 12.7. The van der Waals surface area contributed by atoms with Crippen LogP contribution in [0.25, 0.3) is 0 Å². The second-order valence-corrected chi connectivity index (χ2v) is 7.30. The number of carbonyl (C=O) groups excluding carboxylic acids is 1. The predicted octanol–water partition coefficient (Wildman–Crippen LogP) is 3.69. The van der Waals surface area contributed by atoms with Gasteiger partial charge in [-0.2, -0.15) is 0 Å². The third-order valence-corrected chi connectivity index (χ3v) is 5.80. The fourth-order valence-corrected chi connectivity index (χ4v) is 4.36. The Bertz CT molecular complexity index is 494. The number of nitrogens with two attached hydrogens (primary N) is 1. The number of rotatable bonds is 4. The summed E-state index contributed by atoms with van der Waals surface area (Å²) in [5, 5.41) is 0. The molecular weight excluding hydrogens is 284 g/mol. The van der Waals surface area contributed by atoms with E-state index in [1.165, 1.54) is 37.7 Å². The second-order valence-electron chi connectivity index (χ2n) is 7.30. The highest BCUT2D eigenvalue weighted by Gasteiger charge is 2.29. The number of benzene rings is 1. The Morgan fingerprint density at radius 3 is 2.48 bits per heavy atom. The number of likely N-dealkylation sites (tertiary alicyclic amines) is 1. The largest absolute Gasteiger partial charge is 0.338 e. The maximum Gasteiger partial charge on any atom is 0.223 e. The van der Waals surface area contributed by atoms with Crippen molar-refractivity contribution in [3.8, 4) is 0 Å². The molecule has 1 saturated heterocycles. The third-order valence-electron chi connectivity index (χ3n) is 5.80. The van der Waals surface area contributed by atoms with Crippen molar-refractivity contribution < 1.29 is 4.79 Å². The lowest BCUT2D eigenvalue weighted by molar-refractivity contribution is -0.135. The molecule has 0 spiro atoms. The van der Waals surface area contributed by atoms with Gasteiger partial charge in [-0.1, -0.05) is 30.3 Å². The van der Waals surface area contributed by atoms with Gasteiger partial charge in [0, 0.05) is 25.6 Å². The average molecular weight is 314 g/mol. The van der Waals surface area contributed by atoms with Crippen LogP contribution in [0.1, 0.15) is 62.8 Å². The van der Waals surface area contributed by atoms with Gasteiger partial charge in [-0.05, 0) is 62.3 Å². The minimum absolute atomic E-state index is 0.289. The molecule has 1 aliphatic carbocycles. The molecule has 3 rings (SSSR count). The fourth-order valence-electron chi connectivity index (χ4n) is 4.36. The van der Waals surface area contributed by atoms with Gasteiger partial charge in [0.15, 0.2) is 0 Å². The molecule has 1 saturated carbocycles. The number of hydrogen-bond acceptors (Lipinski definition) is 2. The third kappa shape index (κ3) is 4.14. The zero-order chi connectivity index (χ0) is 16.1. The monoisotopic (exact) mass is 314 g/mol. The summed E-state index contributed by atoms with van der Waals surface area (Å²) in [6.45, 7) is 1.53. The van der Waals surface area contributed by atoms with Crippen LogP contribution in [0, 0.1) is 5.92 Å². The number of hydrogen-bond donors (Lipinski definition) is 1. The van der Waals surface area contributed by atoms with Crippen LogP contribution in [0.2, 0.25) is 0 Å². The molecule has 1 unspecified atom stereocenters. The summed E-state index contributed by atoms with van der Waals surface area (Å²) in [5.41, 5.74) is 7.32. The molecule has 2 aliphatic rings. The van der Waals surface area contributed by atoms with Crippen LogP contribution in [0.4, 0.5) is 0 Å². The van der Waals surface area contributed by atoms with Gasteiger partial charge in [-0.3, -0.25) is 4.79 Å². The van der Waals surface area contributed by atoms with Crippen molar-refractivity contribution >= 4 is 5.91 Å². The molecule has 2 fully saturated rings. The van der Waals surface area contributed by atoms with Crippen molar-refractivity contribution in [2.75, 3.05) is 13.1 Å². The standard InChI is InChI=1S/C20H30N2O/c21-15-19-8-4-5-13-22(19)20(23)14-16-9-11-18(12-10-16)17-6-2-1-3-7-17/h1-3,6-7,16,18-19H,4-5,8-15,21H2. The van der Waals surface area contributed by atoms with Gasteiger partial charge in [0.2, 0.25) is 5.91 Å². The van der Waals surface area contributed by atoms with E-state index in [9.17, 15) is 4.79 Å². The first-order chi connectivity index (χ1) is 11.3. The summed E-state index contributed by atoms with van der Waals surface area (Å²) >= 11 is 0. The van der Waals surface area contributed by atoms with E-state index in [1.807, 2.05) is 0 Å². The Kier molecular flexibility index (Phi) is 5.71. The van der Waals surface area contributed by atoms with E-state index in [2.05, 4.69) is 35.2 Å². The van der Waals surface area contributed by atoms with Gasteiger partial charge in [0.25, 0.3) is 0 Å². The van der Waals surface area contributed by atoms with E-state index in [4.69, 9.17) is 5.73 Å². The first-order valence-corrected chi connectivity index (χ1v) is 9.32. The van der Waals surface area contributed by atoms with Gasteiger partial charge in [0.05, 0.1) is 0 Å². The molecule has 126 valence electrons. The Balaban J connectivity index is 1.49. The normalized spacial score (nSPS) is 28.6. The van der Waals surface area contributed by atoms with Crippen LogP contribution in [0.3, 0.4) is 0 Å². The predicted molar refractivity (Wildman–Crippen MR) is 94.2 cm³/mol. The first kappa shape index (κ1) is 16.5. The van der Waals surface area contributed by atoms with Gasteiger partial charge < -0.3 is 10.6 Å². The molecule has 0 bridgehead atoms. The van der Waals surface area contributed by atoms with Crippen LogP contribution < -0.4 is 5.73 Å². The molecule has 23 heavy (non-hydrogen) atoms. The van der Waals surface area contributed by atoms with Gasteiger partial charge in [0.1, 0.15) is 0 Å². The Labute approximate surface area is 140 Å². The molecule has 3 nitrogen and oxygen atoms in total. The van der Waals surface area contributed by atoms with E-state index >= 15 is 0 Å². The summed E-state index contributed by atoms with van der Waals surface area (Å²) in [6, 6.07) is 11.1. The van der Waals surface area contributed by atoms with Crippen molar-refractivity contribution in [1.29, 1.82) is 0 Å². The quantitative estimate of drug-likeness (QED) is 0.921. The lowest BCUT2D eigenvalue weighted by Crippen LogP contribution is -2.47. The van der Waals surface area contributed by atoms with E-state index in [-0.39, 0.29) is 6.04 Å². The summed E-state index contributed by atoms with van der Waals surface area (Å²) in [7, 11) is 0. The Morgan fingerprint density at radius 1 is 1.04 bits per heavy atom. The first-order valence-electron chi connectivity index (χ1n) is 9.32. The van der Waals surface area contributed by atoms with Crippen molar-refractivity contribution in [2.24, 2.45) is 11.7 Å². The molecule has 2 N–H and O–H groups in total. The smallest absolute Gasteiger partial charge is 0.223 e. The van der Waals surface area contributed by atoms with Crippen LogP contribution in [0.15, 0.2) is 30.3 Å². The summed E-state index contributed by atoms with van der Waals surface area (Å²) in [4.78, 5) is 14.7. The number of piperidine rings is 1. The average Bonchev–Trinajstić information content (AvgIpc) is 2.63.